The molecule has 2 heterocycles. The van der Waals surface area contributed by atoms with Crippen LogP contribution >= 0.6 is 11.3 Å². The topological polar surface area (TPSA) is 88.2 Å². The molecule has 0 fully saturated rings. The van der Waals surface area contributed by atoms with E-state index in [0.717, 1.165) is 22.5 Å². The lowest BCUT2D eigenvalue weighted by Gasteiger charge is -2.06. The van der Waals surface area contributed by atoms with Gasteiger partial charge in [-0.15, -0.1) is 11.3 Å². The number of amides is 1. The summed E-state index contributed by atoms with van der Waals surface area (Å²) in [5.74, 6) is -0.335. The Morgan fingerprint density at radius 2 is 2.00 bits per heavy atom. The minimum atomic E-state index is -3.70. The molecule has 0 saturated carbocycles. The van der Waals surface area contributed by atoms with Crippen LogP contribution in [0.1, 0.15) is 20.8 Å². The lowest BCUT2D eigenvalue weighted by Crippen LogP contribution is -2.23. The third-order valence-corrected chi connectivity index (χ3v) is 6.15. The third-order valence-electron chi connectivity index (χ3n) is 3.69. The van der Waals surface area contributed by atoms with E-state index in [-0.39, 0.29) is 17.3 Å². The summed E-state index contributed by atoms with van der Waals surface area (Å²) < 4.78 is 27.3. The minimum absolute atomic E-state index is 0.0707. The Kier molecular flexibility index (Phi) is 5.46. The van der Waals surface area contributed by atoms with E-state index in [9.17, 15) is 13.2 Å². The van der Waals surface area contributed by atoms with Crippen molar-refractivity contribution >= 4 is 33.0 Å². The predicted octanol–water partition coefficient (Wildman–Crippen LogP) is 3.18. The largest absolute Gasteiger partial charge is 0.321 e. The number of para-hydroxylation sites is 1. The Morgan fingerprint density at radius 1 is 1.19 bits per heavy atom. The molecule has 0 atom stereocenters. The first-order chi connectivity index (χ1) is 12.5. The van der Waals surface area contributed by atoms with Crippen LogP contribution in [0.15, 0.2) is 65.1 Å². The van der Waals surface area contributed by atoms with Crippen molar-refractivity contribution in [2.75, 3.05) is 5.32 Å². The van der Waals surface area contributed by atoms with Gasteiger partial charge in [0.05, 0.1) is 9.77 Å². The fourth-order valence-electron chi connectivity index (χ4n) is 2.24. The molecule has 0 unspecified atom stereocenters. The number of aromatic nitrogens is 1. The first-order valence-electron chi connectivity index (χ1n) is 7.80. The monoisotopic (exact) mass is 387 g/mol. The fourth-order valence-corrected chi connectivity index (χ4v) is 4.43. The Balaban J connectivity index is 1.70. The standard InChI is InChI=1S/C18H17N3O3S2/c1-13-5-2-3-7-16(13)21-18(22)17-9-15(12-25-17)26(23,24)20-11-14-6-4-8-19-10-14/h2-10,12,20H,11H2,1H3,(H,21,22). The third kappa shape index (κ3) is 4.34. The first kappa shape index (κ1) is 18.2. The van der Waals surface area contributed by atoms with Gasteiger partial charge >= 0.3 is 0 Å². The number of carbonyl (C=O) groups excluding carboxylic acids is 1. The van der Waals surface area contributed by atoms with E-state index in [0.29, 0.717) is 10.6 Å². The summed E-state index contributed by atoms with van der Waals surface area (Å²) in [5.41, 5.74) is 2.39. The van der Waals surface area contributed by atoms with Gasteiger partial charge in [-0.25, -0.2) is 13.1 Å². The average Bonchev–Trinajstić information content (AvgIpc) is 3.14. The summed E-state index contributed by atoms with van der Waals surface area (Å²) in [5, 5.41) is 4.25. The van der Waals surface area contributed by atoms with E-state index in [1.807, 2.05) is 25.1 Å². The van der Waals surface area contributed by atoms with Crippen molar-refractivity contribution < 1.29 is 13.2 Å². The van der Waals surface area contributed by atoms with E-state index in [2.05, 4.69) is 15.0 Å². The fraction of sp³-hybridized carbons (Fsp3) is 0.111. The Bertz CT molecular complexity index is 1010. The number of nitrogens with one attached hydrogen (secondary N) is 2. The van der Waals surface area contributed by atoms with Gasteiger partial charge in [-0.05, 0) is 36.2 Å². The molecule has 6 nitrogen and oxygen atoms in total. The van der Waals surface area contributed by atoms with Crippen LogP contribution in [0.4, 0.5) is 5.69 Å². The molecule has 0 radical (unpaired) electrons. The number of nitrogens with zero attached hydrogens (tertiary/aromatic N) is 1. The summed E-state index contributed by atoms with van der Waals surface area (Å²) in [7, 11) is -3.70. The normalized spacial score (nSPS) is 11.3. The number of rotatable bonds is 6. The van der Waals surface area contributed by atoms with E-state index in [1.165, 1.54) is 11.4 Å². The van der Waals surface area contributed by atoms with Crippen molar-refractivity contribution in [1.29, 1.82) is 0 Å². The van der Waals surface area contributed by atoms with Gasteiger partial charge < -0.3 is 5.32 Å². The van der Waals surface area contributed by atoms with Gasteiger partial charge in [0.1, 0.15) is 0 Å². The predicted molar refractivity (Wildman–Crippen MR) is 102 cm³/mol. The van der Waals surface area contributed by atoms with Crippen molar-refractivity contribution in [3.05, 3.63) is 76.2 Å². The number of hydrogen-bond donors (Lipinski definition) is 2. The molecule has 1 amide bonds. The second-order valence-corrected chi connectivity index (χ2v) is 8.28. The zero-order valence-corrected chi connectivity index (χ0v) is 15.6. The molecule has 1 aromatic carbocycles. The van der Waals surface area contributed by atoms with Gasteiger partial charge in [0.2, 0.25) is 10.0 Å². The molecular formula is C18H17N3O3S2. The number of thiophene rings is 1. The van der Waals surface area contributed by atoms with Gasteiger partial charge in [-0.3, -0.25) is 9.78 Å². The van der Waals surface area contributed by atoms with Crippen LogP contribution in [0.3, 0.4) is 0 Å². The van der Waals surface area contributed by atoms with Crippen molar-refractivity contribution in [2.45, 2.75) is 18.4 Å². The summed E-state index contributed by atoms with van der Waals surface area (Å²) in [6.45, 7) is 2.03. The molecule has 26 heavy (non-hydrogen) atoms. The van der Waals surface area contributed by atoms with Crippen LogP contribution in [-0.4, -0.2) is 19.3 Å². The molecule has 0 saturated heterocycles. The second-order valence-electron chi connectivity index (χ2n) is 5.60. The van der Waals surface area contributed by atoms with Gasteiger partial charge in [0.25, 0.3) is 5.91 Å². The van der Waals surface area contributed by atoms with Crippen LogP contribution < -0.4 is 10.0 Å². The van der Waals surface area contributed by atoms with Crippen LogP contribution in [0.25, 0.3) is 0 Å². The van der Waals surface area contributed by atoms with Gasteiger partial charge in [0.15, 0.2) is 0 Å². The van der Waals surface area contributed by atoms with Crippen LogP contribution in [-0.2, 0) is 16.6 Å². The number of anilines is 1. The van der Waals surface area contributed by atoms with Gasteiger partial charge in [-0.1, -0.05) is 24.3 Å². The molecule has 0 spiro atoms. The minimum Gasteiger partial charge on any atom is -0.321 e. The number of aryl methyl sites for hydroxylation is 1. The number of hydrogen-bond acceptors (Lipinski definition) is 5. The Morgan fingerprint density at radius 3 is 2.73 bits per heavy atom. The molecule has 0 aliphatic carbocycles. The van der Waals surface area contributed by atoms with Crippen molar-refractivity contribution in [3.63, 3.8) is 0 Å². The maximum atomic E-state index is 12.4. The highest BCUT2D eigenvalue weighted by Gasteiger charge is 2.19. The molecule has 0 aliphatic rings. The first-order valence-corrected chi connectivity index (χ1v) is 10.2. The Labute approximate surface area is 156 Å². The highest BCUT2D eigenvalue weighted by molar-refractivity contribution is 7.89. The highest BCUT2D eigenvalue weighted by Crippen LogP contribution is 2.22. The van der Waals surface area contributed by atoms with Crippen LogP contribution in [0.2, 0.25) is 0 Å². The number of sulfonamides is 1. The molecule has 2 N–H and O–H groups in total. The summed E-state index contributed by atoms with van der Waals surface area (Å²) >= 11 is 1.09. The van der Waals surface area contributed by atoms with Crippen molar-refractivity contribution in [2.24, 2.45) is 0 Å². The summed E-state index contributed by atoms with van der Waals surface area (Å²) in [6.07, 6.45) is 3.22. The Hall–Kier alpha value is -2.55. The van der Waals surface area contributed by atoms with Crippen molar-refractivity contribution in [1.82, 2.24) is 9.71 Å². The molecular weight excluding hydrogens is 370 g/mol. The molecule has 0 bridgehead atoms. The van der Waals surface area contributed by atoms with Gasteiger partial charge in [0, 0.05) is 30.0 Å². The lowest BCUT2D eigenvalue weighted by atomic mass is 10.2. The van der Waals surface area contributed by atoms with E-state index >= 15 is 0 Å². The zero-order chi connectivity index (χ0) is 18.6. The molecule has 3 rings (SSSR count). The SMILES string of the molecule is Cc1ccccc1NC(=O)c1cc(S(=O)(=O)NCc2cccnc2)cs1. The van der Waals surface area contributed by atoms with Crippen LogP contribution in [0.5, 0.6) is 0 Å². The van der Waals surface area contributed by atoms with Crippen molar-refractivity contribution in [3.8, 4) is 0 Å². The molecule has 134 valence electrons. The maximum absolute atomic E-state index is 12.4. The van der Waals surface area contributed by atoms with E-state index in [1.54, 1.807) is 30.6 Å². The number of carbonyl (C=O) groups is 1. The number of pyridine rings is 1. The molecule has 8 heteroatoms. The second kappa shape index (κ2) is 7.77. The van der Waals surface area contributed by atoms with Gasteiger partial charge in [-0.2, -0.15) is 0 Å². The lowest BCUT2D eigenvalue weighted by molar-refractivity contribution is 0.103. The zero-order valence-electron chi connectivity index (χ0n) is 14.0. The average molecular weight is 387 g/mol. The number of benzene rings is 1. The summed E-state index contributed by atoms with van der Waals surface area (Å²) in [4.78, 5) is 16.7. The molecule has 2 aromatic heterocycles. The highest BCUT2D eigenvalue weighted by atomic mass is 32.2. The summed E-state index contributed by atoms with van der Waals surface area (Å²) in [6, 6.07) is 12.3. The smallest absolute Gasteiger partial charge is 0.265 e. The van der Waals surface area contributed by atoms with E-state index in [4.69, 9.17) is 0 Å². The van der Waals surface area contributed by atoms with E-state index < -0.39 is 10.0 Å². The molecule has 3 aromatic rings. The van der Waals surface area contributed by atoms with Crippen LogP contribution in [0, 0.1) is 6.92 Å². The quantitative estimate of drug-likeness (QED) is 0.680. The maximum Gasteiger partial charge on any atom is 0.265 e. The molecule has 0 aliphatic heterocycles.